The summed E-state index contributed by atoms with van der Waals surface area (Å²) < 4.78 is 0. The minimum Gasteiger partial charge on any atom is -0.480 e. The second-order valence-corrected chi connectivity index (χ2v) is 10.4. The van der Waals surface area contributed by atoms with Crippen molar-refractivity contribution in [3.05, 3.63) is 14.5 Å². The highest BCUT2D eigenvalue weighted by Gasteiger charge is 2.70. The summed E-state index contributed by atoms with van der Waals surface area (Å²) >= 11 is 2.87. The predicted octanol–water partition coefficient (Wildman–Crippen LogP) is 1.14. The molecule has 3 fully saturated rings. The lowest BCUT2D eigenvalue weighted by atomic mass is 9.64. The maximum Gasteiger partial charge on any atom is 0.323 e. The fourth-order valence-electron chi connectivity index (χ4n) is 6.01. The highest BCUT2D eigenvalue weighted by Crippen LogP contribution is 2.68. The summed E-state index contributed by atoms with van der Waals surface area (Å²) in [4.78, 5) is 53.4. The van der Waals surface area contributed by atoms with Gasteiger partial charge in [-0.3, -0.25) is 24.1 Å². The number of likely N-dealkylation sites (tertiary alicyclic amines) is 1. The summed E-state index contributed by atoms with van der Waals surface area (Å²) in [6.45, 7) is 3.70. The highest BCUT2D eigenvalue weighted by atomic mass is 32.2. The van der Waals surface area contributed by atoms with E-state index in [9.17, 15) is 19.2 Å². The molecule has 9 heteroatoms. The van der Waals surface area contributed by atoms with E-state index in [1.54, 1.807) is 11.8 Å². The van der Waals surface area contributed by atoms with Crippen LogP contribution in [0.4, 0.5) is 0 Å². The molecule has 0 unspecified atom stereocenters. The number of nitrogens with one attached hydrogen (secondary N) is 1. The number of aliphatic carboxylic acids is 1. The van der Waals surface area contributed by atoms with Gasteiger partial charge in [-0.1, -0.05) is 25.2 Å². The fourth-order valence-corrected chi connectivity index (χ4v) is 9.16. The Morgan fingerprint density at radius 3 is 2.54 bits per heavy atom. The van der Waals surface area contributed by atoms with E-state index in [0.29, 0.717) is 0 Å². The lowest BCUT2D eigenvalue weighted by Gasteiger charge is -2.47. The molecule has 5 rings (SSSR count). The van der Waals surface area contributed by atoms with Gasteiger partial charge in [0.05, 0.1) is 16.9 Å². The van der Waals surface area contributed by atoms with Crippen molar-refractivity contribution in [2.24, 2.45) is 29.6 Å². The standard InChI is InChI=1S/C17H18N2O5S2/c1-17(2)10-5-3-6(11(10)25-13-12(17)26-16(24)18-13)9-8(5)14(22)19(15(9)23)4-7(20)21/h5-6,8-11H,3-4H2,1-2H3,(H,18,24)(H,20,21)/t5-,6-,8-,9+,10-,11+/m0/s1. The van der Waals surface area contributed by atoms with Crippen LogP contribution in [0.15, 0.2) is 9.82 Å². The molecule has 2 amide bonds. The number of imide groups is 1. The highest BCUT2D eigenvalue weighted by molar-refractivity contribution is 8.00. The number of hydrogen-bond donors (Lipinski definition) is 2. The monoisotopic (exact) mass is 394 g/mol. The number of carbonyl (C=O) groups is 3. The zero-order chi connectivity index (χ0) is 18.5. The molecule has 2 aliphatic heterocycles. The minimum atomic E-state index is -1.16. The molecular weight excluding hydrogens is 376 g/mol. The van der Waals surface area contributed by atoms with Gasteiger partial charge in [0.2, 0.25) is 11.8 Å². The quantitative estimate of drug-likeness (QED) is 0.729. The van der Waals surface area contributed by atoms with E-state index in [1.807, 2.05) is 0 Å². The number of thioether (sulfide) groups is 1. The molecule has 138 valence electrons. The van der Waals surface area contributed by atoms with E-state index in [4.69, 9.17) is 5.11 Å². The normalized spacial score (nSPS) is 39.1. The van der Waals surface area contributed by atoms with Crippen LogP contribution in [-0.2, 0) is 19.8 Å². The topological polar surface area (TPSA) is 108 Å². The molecule has 2 bridgehead atoms. The average Bonchev–Trinajstić information content (AvgIpc) is 3.25. The van der Waals surface area contributed by atoms with Crippen LogP contribution in [0.1, 0.15) is 25.1 Å². The van der Waals surface area contributed by atoms with Gasteiger partial charge in [-0.15, -0.1) is 11.8 Å². The van der Waals surface area contributed by atoms with Crippen molar-refractivity contribution < 1.29 is 19.5 Å². The maximum absolute atomic E-state index is 12.8. The first-order valence-electron chi connectivity index (χ1n) is 8.69. The third-order valence-electron chi connectivity index (χ3n) is 6.78. The average molecular weight is 394 g/mol. The number of rotatable bonds is 2. The van der Waals surface area contributed by atoms with Crippen LogP contribution >= 0.6 is 23.1 Å². The fraction of sp³-hybridized carbons (Fsp3) is 0.647. The smallest absolute Gasteiger partial charge is 0.323 e. The van der Waals surface area contributed by atoms with Crippen molar-refractivity contribution in [1.82, 2.24) is 9.88 Å². The first-order valence-corrected chi connectivity index (χ1v) is 10.4. The number of H-pyrrole nitrogens is 1. The van der Waals surface area contributed by atoms with Gasteiger partial charge in [0.25, 0.3) is 0 Å². The van der Waals surface area contributed by atoms with Crippen molar-refractivity contribution in [3.63, 3.8) is 0 Å². The second-order valence-electron chi connectivity index (χ2n) is 8.27. The van der Waals surface area contributed by atoms with Crippen LogP contribution in [0.5, 0.6) is 0 Å². The van der Waals surface area contributed by atoms with Crippen molar-refractivity contribution in [3.8, 4) is 0 Å². The van der Waals surface area contributed by atoms with Crippen LogP contribution in [0.25, 0.3) is 0 Å². The Bertz CT molecular complexity index is 918. The predicted molar refractivity (Wildman–Crippen MR) is 94.0 cm³/mol. The Kier molecular flexibility index (Phi) is 3.19. The molecule has 6 atom stereocenters. The van der Waals surface area contributed by atoms with E-state index < -0.39 is 24.3 Å². The van der Waals surface area contributed by atoms with E-state index in [2.05, 4.69) is 18.8 Å². The number of fused-ring (bicyclic) bond motifs is 9. The number of hydrogen-bond acceptors (Lipinski definition) is 6. The summed E-state index contributed by atoms with van der Waals surface area (Å²) in [5, 5.41) is 10.1. The molecule has 2 N–H and O–H groups in total. The molecule has 1 aromatic heterocycles. The Hall–Kier alpha value is -1.61. The van der Waals surface area contributed by atoms with E-state index >= 15 is 0 Å². The molecule has 7 nitrogen and oxygen atoms in total. The van der Waals surface area contributed by atoms with Gasteiger partial charge < -0.3 is 10.1 Å². The number of aromatic nitrogens is 1. The van der Waals surface area contributed by atoms with Crippen LogP contribution < -0.4 is 4.87 Å². The molecule has 2 aliphatic carbocycles. The van der Waals surface area contributed by atoms with Gasteiger partial charge in [-0.25, -0.2) is 0 Å². The maximum atomic E-state index is 12.8. The van der Waals surface area contributed by atoms with E-state index in [1.165, 1.54) is 11.3 Å². The molecule has 0 spiro atoms. The van der Waals surface area contributed by atoms with Crippen molar-refractivity contribution >= 4 is 40.9 Å². The van der Waals surface area contributed by atoms with Gasteiger partial charge in [0.15, 0.2) is 0 Å². The molecule has 2 saturated carbocycles. The molecule has 1 saturated heterocycles. The third kappa shape index (κ3) is 1.85. The largest absolute Gasteiger partial charge is 0.480 e. The Morgan fingerprint density at radius 1 is 1.23 bits per heavy atom. The van der Waals surface area contributed by atoms with Gasteiger partial charge >= 0.3 is 10.8 Å². The van der Waals surface area contributed by atoms with E-state index in [0.717, 1.165) is 21.2 Å². The van der Waals surface area contributed by atoms with Gasteiger partial charge in [0.1, 0.15) is 6.54 Å². The number of aromatic amines is 1. The number of carboxylic acids is 1. The van der Waals surface area contributed by atoms with Crippen LogP contribution in [0, 0.1) is 29.6 Å². The Morgan fingerprint density at radius 2 is 1.88 bits per heavy atom. The number of thiazole rings is 1. The summed E-state index contributed by atoms with van der Waals surface area (Å²) in [7, 11) is 0. The zero-order valence-corrected chi connectivity index (χ0v) is 15.9. The van der Waals surface area contributed by atoms with Gasteiger partial charge in [0, 0.05) is 15.5 Å². The summed E-state index contributed by atoms with van der Waals surface area (Å²) in [5.41, 5.74) is -0.247. The minimum absolute atomic E-state index is 0.0612. The van der Waals surface area contributed by atoms with Gasteiger partial charge in [-0.2, -0.15) is 0 Å². The Labute approximate surface area is 157 Å². The third-order valence-corrected chi connectivity index (χ3v) is 9.58. The summed E-state index contributed by atoms with van der Waals surface area (Å²) in [6.07, 6.45) is 0.832. The lowest BCUT2D eigenvalue weighted by molar-refractivity contribution is -0.149. The van der Waals surface area contributed by atoms with Crippen LogP contribution in [-0.4, -0.2) is 44.6 Å². The SMILES string of the molecule is CC1(C)c2sc(=O)[nH]c2S[C@@H]2[C@H]3C[C@@H]([C@@H]4C(=O)N(CC(=O)O)C(=O)[C@H]34)[C@@H]21. The zero-order valence-electron chi connectivity index (χ0n) is 14.2. The number of nitrogens with zero attached hydrogens (tertiary/aromatic N) is 1. The molecule has 4 aliphatic rings. The molecular formula is C17H18N2O5S2. The Balaban J connectivity index is 1.57. The summed E-state index contributed by atoms with van der Waals surface area (Å²) in [5.74, 6) is -2.26. The van der Waals surface area contributed by atoms with Crippen LogP contribution in [0.2, 0.25) is 0 Å². The molecule has 0 radical (unpaired) electrons. The van der Waals surface area contributed by atoms with Gasteiger partial charge in [-0.05, 0) is 24.2 Å². The van der Waals surface area contributed by atoms with Crippen molar-refractivity contribution in [1.29, 1.82) is 0 Å². The number of carboxylic acid groups (broad SMARTS) is 1. The molecule has 0 aromatic carbocycles. The first-order chi connectivity index (χ1) is 12.2. The second kappa shape index (κ2) is 5.01. The molecule has 26 heavy (non-hydrogen) atoms. The first kappa shape index (κ1) is 16.6. The van der Waals surface area contributed by atoms with Crippen molar-refractivity contribution in [2.75, 3.05) is 6.54 Å². The van der Waals surface area contributed by atoms with Crippen molar-refractivity contribution in [2.45, 2.75) is 36.0 Å². The lowest BCUT2D eigenvalue weighted by Crippen LogP contribution is -2.48. The number of amides is 2. The number of carbonyl (C=O) groups excluding carboxylic acids is 2. The van der Waals surface area contributed by atoms with E-state index in [-0.39, 0.29) is 45.1 Å². The molecule has 1 aromatic rings. The summed E-state index contributed by atoms with van der Waals surface area (Å²) in [6, 6.07) is 0. The van der Waals surface area contributed by atoms with Crippen LogP contribution in [0.3, 0.4) is 0 Å². The molecule has 3 heterocycles.